The normalized spacial score (nSPS) is 11.1. The van der Waals surface area contributed by atoms with Crippen molar-refractivity contribution >= 4 is 21.6 Å². The van der Waals surface area contributed by atoms with Gasteiger partial charge < -0.3 is 5.73 Å². The van der Waals surface area contributed by atoms with Gasteiger partial charge in [-0.2, -0.15) is 0 Å². The van der Waals surface area contributed by atoms with Crippen LogP contribution in [0.5, 0.6) is 0 Å². The van der Waals surface area contributed by atoms with E-state index < -0.39 is 27.4 Å². The molecule has 0 bridgehead atoms. The van der Waals surface area contributed by atoms with Gasteiger partial charge in [0.15, 0.2) is 0 Å². The summed E-state index contributed by atoms with van der Waals surface area (Å²) in [4.78, 5) is 19.9. The highest BCUT2D eigenvalue weighted by Crippen LogP contribution is 2.16. The van der Waals surface area contributed by atoms with Crippen molar-refractivity contribution in [2.45, 2.75) is 4.90 Å². The highest BCUT2D eigenvalue weighted by molar-refractivity contribution is 7.89. The maximum absolute atomic E-state index is 11.6. The Hall–Kier alpha value is -2.00. The number of carbonyl (C=O) groups is 1. The first-order chi connectivity index (χ1) is 7.83. The molecule has 17 heavy (non-hydrogen) atoms. The zero-order valence-corrected chi connectivity index (χ0v) is 9.31. The Balaban J connectivity index is 3.03. The summed E-state index contributed by atoms with van der Waals surface area (Å²) < 4.78 is 25.1. The molecular weight excluding hydrogens is 250 g/mol. The molecule has 1 aromatic carbocycles. The first-order valence-corrected chi connectivity index (χ1v) is 5.83. The summed E-state index contributed by atoms with van der Waals surface area (Å²) in [6.07, 6.45) is 0. The Morgan fingerprint density at radius 3 is 2.65 bits per heavy atom. The second kappa shape index (κ2) is 4.89. The minimum atomic E-state index is -3.97. The Morgan fingerprint density at radius 1 is 1.47 bits per heavy atom. The zero-order valence-electron chi connectivity index (χ0n) is 8.49. The molecule has 1 amide bonds. The van der Waals surface area contributed by atoms with E-state index in [2.05, 4.69) is 0 Å². The Kier molecular flexibility index (Phi) is 3.76. The van der Waals surface area contributed by atoms with E-state index in [1.54, 1.807) is 0 Å². The lowest BCUT2D eigenvalue weighted by Crippen LogP contribution is -2.33. The molecule has 3 N–H and O–H groups in total. The average molecular weight is 259 g/mol. The van der Waals surface area contributed by atoms with Gasteiger partial charge in [-0.15, -0.1) is 0 Å². The number of sulfonamides is 1. The quantitative estimate of drug-likeness (QED) is 0.536. The van der Waals surface area contributed by atoms with Crippen molar-refractivity contribution in [3.05, 3.63) is 34.4 Å². The molecule has 0 fully saturated rings. The van der Waals surface area contributed by atoms with Gasteiger partial charge in [0.25, 0.3) is 5.69 Å². The number of nitrogens with two attached hydrogens (primary N) is 1. The molecule has 0 spiro atoms. The predicted octanol–water partition coefficient (Wildman–Crippen LogP) is -0.642. The molecule has 0 heterocycles. The van der Waals surface area contributed by atoms with Crippen LogP contribution in [0.2, 0.25) is 0 Å². The number of hydrogen-bond acceptors (Lipinski definition) is 5. The molecule has 0 saturated carbocycles. The summed E-state index contributed by atoms with van der Waals surface area (Å²) in [5, 5.41) is 10.5. The second-order valence-corrected chi connectivity index (χ2v) is 4.81. The summed E-state index contributed by atoms with van der Waals surface area (Å²) in [5.74, 6) is -0.848. The molecule has 0 saturated heterocycles. The number of benzene rings is 1. The van der Waals surface area contributed by atoms with Gasteiger partial charge in [-0.3, -0.25) is 14.9 Å². The molecule has 0 aromatic heterocycles. The lowest BCUT2D eigenvalue weighted by atomic mass is 10.3. The van der Waals surface area contributed by atoms with E-state index in [1.807, 2.05) is 4.72 Å². The lowest BCUT2D eigenvalue weighted by molar-refractivity contribution is -0.385. The van der Waals surface area contributed by atoms with Crippen LogP contribution in [0.25, 0.3) is 0 Å². The van der Waals surface area contributed by atoms with Crippen molar-refractivity contribution in [1.29, 1.82) is 0 Å². The Bertz CT molecular complexity index is 554. The van der Waals surface area contributed by atoms with Crippen molar-refractivity contribution in [2.24, 2.45) is 5.73 Å². The predicted molar refractivity (Wildman–Crippen MR) is 57.5 cm³/mol. The van der Waals surface area contributed by atoms with E-state index in [0.29, 0.717) is 0 Å². The van der Waals surface area contributed by atoms with Crippen molar-refractivity contribution in [2.75, 3.05) is 6.54 Å². The van der Waals surface area contributed by atoms with E-state index in [9.17, 15) is 23.3 Å². The van der Waals surface area contributed by atoms with Crippen molar-refractivity contribution in [3.63, 3.8) is 0 Å². The monoisotopic (exact) mass is 259 g/mol. The van der Waals surface area contributed by atoms with Crippen LogP contribution in [0, 0.1) is 10.1 Å². The van der Waals surface area contributed by atoms with Gasteiger partial charge in [-0.25, -0.2) is 13.1 Å². The largest absolute Gasteiger partial charge is 0.369 e. The van der Waals surface area contributed by atoms with Crippen LogP contribution in [-0.4, -0.2) is 25.8 Å². The van der Waals surface area contributed by atoms with Crippen LogP contribution in [-0.2, 0) is 14.8 Å². The van der Waals surface area contributed by atoms with Gasteiger partial charge in [-0.05, 0) is 6.07 Å². The summed E-state index contributed by atoms with van der Waals surface area (Å²) in [6, 6.07) is 4.46. The van der Waals surface area contributed by atoms with Gasteiger partial charge in [-0.1, -0.05) is 6.07 Å². The van der Waals surface area contributed by atoms with Crippen LogP contribution < -0.4 is 10.5 Å². The molecular formula is C8H9N3O5S. The smallest absolute Gasteiger partial charge is 0.270 e. The van der Waals surface area contributed by atoms with Gasteiger partial charge in [0.2, 0.25) is 15.9 Å². The first-order valence-electron chi connectivity index (χ1n) is 4.35. The molecule has 0 atom stereocenters. The molecule has 0 unspecified atom stereocenters. The SMILES string of the molecule is NC(=O)CNS(=O)(=O)c1cccc([N+](=O)[O-])c1. The van der Waals surface area contributed by atoms with E-state index in [4.69, 9.17) is 5.73 Å². The molecule has 0 aliphatic heterocycles. The molecule has 1 rings (SSSR count). The Morgan fingerprint density at radius 2 is 2.12 bits per heavy atom. The molecule has 1 aromatic rings. The average Bonchev–Trinajstić information content (AvgIpc) is 2.27. The number of nitro groups is 1. The number of nitrogens with one attached hydrogen (secondary N) is 1. The third-order valence-electron chi connectivity index (χ3n) is 1.78. The number of primary amides is 1. The minimum Gasteiger partial charge on any atom is -0.369 e. The molecule has 0 radical (unpaired) electrons. The van der Waals surface area contributed by atoms with Crippen molar-refractivity contribution in [1.82, 2.24) is 4.72 Å². The van der Waals surface area contributed by atoms with E-state index in [0.717, 1.165) is 12.1 Å². The number of rotatable bonds is 5. The van der Waals surface area contributed by atoms with E-state index in [-0.39, 0.29) is 10.6 Å². The van der Waals surface area contributed by atoms with Crippen LogP contribution >= 0.6 is 0 Å². The fourth-order valence-electron chi connectivity index (χ4n) is 1.01. The fraction of sp³-hybridized carbons (Fsp3) is 0.125. The highest BCUT2D eigenvalue weighted by atomic mass is 32.2. The first kappa shape index (κ1) is 13.1. The number of nitro benzene ring substituents is 1. The molecule has 9 heteroatoms. The third-order valence-corrected chi connectivity index (χ3v) is 3.17. The summed E-state index contributed by atoms with van der Waals surface area (Å²) in [5.41, 5.74) is 4.43. The number of hydrogen-bond donors (Lipinski definition) is 2. The summed E-state index contributed by atoms with van der Waals surface area (Å²) >= 11 is 0. The Labute approximate surface area is 96.6 Å². The molecule has 0 aliphatic carbocycles. The van der Waals surface area contributed by atoms with Gasteiger partial charge in [0.05, 0.1) is 16.4 Å². The van der Waals surface area contributed by atoms with Crippen molar-refractivity contribution < 1.29 is 18.1 Å². The maximum Gasteiger partial charge on any atom is 0.270 e. The van der Waals surface area contributed by atoms with Crippen LogP contribution in [0.15, 0.2) is 29.2 Å². The van der Waals surface area contributed by atoms with Crippen LogP contribution in [0.3, 0.4) is 0 Å². The summed E-state index contributed by atoms with van der Waals surface area (Å²) in [6.45, 7) is -0.564. The molecule has 92 valence electrons. The topological polar surface area (TPSA) is 132 Å². The van der Waals surface area contributed by atoms with Gasteiger partial charge in [0, 0.05) is 12.1 Å². The van der Waals surface area contributed by atoms with E-state index in [1.165, 1.54) is 12.1 Å². The number of carbonyl (C=O) groups excluding carboxylic acids is 1. The van der Waals surface area contributed by atoms with E-state index >= 15 is 0 Å². The minimum absolute atomic E-state index is 0.298. The number of amides is 1. The number of non-ortho nitro benzene ring substituents is 1. The second-order valence-electron chi connectivity index (χ2n) is 3.05. The van der Waals surface area contributed by atoms with Crippen LogP contribution in [0.4, 0.5) is 5.69 Å². The standard InChI is InChI=1S/C8H9N3O5S/c9-8(12)5-10-17(15,16)7-3-1-2-6(4-7)11(13)14/h1-4,10H,5H2,(H2,9,12). The lowest BCUT2D eigenvalue weighted by Gasteiger charge is -2.04. The number of nitrogens with zero attached hydrogens (tertiary/aromatic N) is 1. The summed E-state index contributed by atoms with van der Waals surface area (Å²) in [7, 11) is -3.97. The third kappa shape index (κ3) is 3.50. The molecule has 8 nitrogen and oxygen atoms in total. The highest BCUT2D eigenvalue weighted by Gasteiger charge is 2.17. The van der Waals surface area contributed by atoms with Crippen molar-refractivity contribution in [3.8, 4) is 0 Å². The van der Waals surface area contributed by atoms with Gasteiger partial charge in [0.1, 0.15) is 0 Å². The zero-order chi connectivity index (χ0) is 13.1. The maximum atomic E-state index is 11.6. The van der Waals surface area contributed by atoms with Gasteiger partial charge >= 0.3 is 0 Å². The molecule has 0 aliphatic rings. The fourth-order valence-corrected chi connectivity index (χ4v) is 2.05. The van der Waals surface area contributed by atoms with Crippen LogP contribution in [0.1, 0.15) is 0 Å².